The van der Waals surface area contributed by atoms with Gasteiger partial charge in [0.05, 0.1) is 19.8 Å². The highest BCUT2D eigenvalue weighted by Gasteiger charge is 2.37. The van der Waals surface area contributed by atoms with Crippen LogP contribution in [-0.4, -0.2) is 39.7 Å². The average Bonchev–Trinajstić information content (AvgIpc) is 3.22. The van der Waals surface area contributed by atoms with Gasteiger partial charge in [-0.3, -0.25) is 4.79 Å². The number of methoxy groups -OCH3 is 1. The molecule has 2 heterocycles. The molecule has 1 aliphatic rings. The lowest BCUT2D eigenvalue weighted by Gasteiger charge is -2.33. The van der Waals surface area contributed by atoms with Crippen molar-refractivity contribution in [2.75, 3.05) is 24.5 Å². The summed E-state index contributed by atoms with van der Waals surface area (Å²) in [6, 6.07) is 14.9. The van der Waals surface area contributed by atoms with Crippen LogP contribution >= 0.6 is 11.8 Å². The van der Waals surface area contributed by atoms with E-state index in [2.05, 4.69) is 27.9 Å². The van der Waals surface area contributed by atoms with Crippen LogP contribution in [0.2, 0.25) is 0 Å². The third-order valence-corrected chi connectivity index (χ3v) is 6.36. The van der Waals surface area contributed by atoms with Crippen LogP contribution < -0.4 is 20.2 Å². The van der Waals surface area contributed by atoms with E-state index in [0.29, 0.717) is 17.5 Å². The molecule has 0 saturated heterocycles. The summed E-state index contributed by atoms with van der Waals surface area (Å²) < 4.78 is 12.7. The van der Waals surface area contributed by atoms with E-state index in [1.165, 1.54) is 11.8 Å². The van der Waals surface area contributed by atoms with E-state index in [1.54, 1.807) is 7.11 Å². The van der Waals surface area contributed by atoms with Gasteiger partial charge >= 0.3 is 0 Å². The van der Waals surface area contributed by atoms with Gasteiger partial charge in [-0.1, -0.05) is 30.8 Å². The molecule has 2 unspecified atom stereocenters. The first-order valence-corrected chi connectivity index (χ1v) is 11.6. The number of benzene rings is 2. The fourth-order valence-corrected chi connectivity index (χ4v) is 4.66. The molecule has 2 atom stereocenters. The number of aromatic nitrogens is 3. The fourth-order valence-electron chi connectivity index (χ4n) is 3.56. The van der Waals surface area contributed by atoms with Crippen molar-refractivity contribution in [2.45, 2.75) is 43.1 Å². The van der Waals surface area contributed by atoms with Crippen molar-refractivity contribution in [3.05, 3.63) is 59.9 Å². The Morgan fingerprint density at radius 3 is 2.47 bits per heavy atom. The number of fused-ring (bicyclic) bond motifs is 1. The second kappa shape index (κ2) is 9.95. The number of aryl methyl sites for hydroxylation is 1. The van der Waals surface area contributed by atoms with Gasteiger partial charge in [-0.05, 0) is 55.3 Å². The number of nitrogens with zero attached hydrogens (tertiary/aromatic N) is 3. The molecule has 0 spiro atoms. The number of ether oxygens (including phenoxy) is 2. The van der Waals surface area contributed by atoms with E-state index in [1.807, 2.05) is 60.1 Å². The Morgan fingerprint density at radius 1 is 1.09 bits per heavy atom. The second-order valence-electron chi connectivity index (χ2n) is 7.35. The third-order valence-electron chi connectivity index (χ3n) is 5.14. The lowest BCUT2D eigenvalue weighted by molar-refractivity contribution is -0.116. The van der Waals surface area contributed by atoms with Gasteiger partial charge < -0.3 is 20.2 Å². The fraction of sp³-hybridized carbons (Fsp3) is 0.348. The van der Waals surface area contributed by atoms with Crippen molar-refractivity contribution in [3.63, 3.8) is 0 Å². The molecular weight excluding hydrogens is 426 g/mol. The van der Waals surface area contributed by atoms with Crippen LogP contribution in [0.15, 0.2) is 53.7 Å². The topological polar surface area (TPSA) is 90.3 Å². The minimum Gasteiger partial charge on any atom is -0.497 e. The Hall–Kier alpha value is -3.20. The third kappa shape index (κ3) is 4.67. The van der Waals surface area contributed by atoms with Crippen LogP contribution in [0.5, 0.6) is 11.5 Å². The predicted molar refractivity (Wildman–Crippen MR) is 125 cm³/mol. The van der Waals surface area contributed by atoms with Crippen LogP contribution in [0.1, 0.15) is 37.7 Å². The molecule has 1 aliphatic heterocycles. The molecule has 0 aliphatic carbocycles. The van der Waals surface area contributed by atoms with Crippen molar-refractivity contribution in [2.24, 2.45) is 0 Å². The minimum absolute atomic E-state index is 0.112. The van der Waals surface area contributed by atoms with Gasteiger partial charge in [-0.25, -0.2) is 4.68 Å². The van der Waals surface area contributed by atoms with Gasteiger partial charge in [0.25, 0.3) is 0 Å². The molecule has 2 N–H and O–H groups in total. The van der Waals surface area contributed by atoms with Crippen LogP contribution in [0, 0.1) is 0 Å². The van der Waals surface area contributed by atoms with Crippen molar-refractivity contribution in [1.82, 2.24) is 14.9 Å². The predicted octanol–water partition coefficient (Wildman–Crippen LogP) is 4.04. The molecular formula is C23H27N5O3S. The van der Waals surface area contributed by atoms with E-state index in [-0.39, 0.29) is 11.9 Å². The number of carbonyl (C=O) groups excluding carboxylic acids is 1. The summed E-state index contributed by atoms with van der Waals surface area (Å²) in [5.41, 5.74) is 5.17. The monoisotopic (exact) mass is 453 g/mol. The number of nitrogens with one attached hydrogen (secondary N) is 2. The molecule has 32 heavy (non-hydrogen) atoms. The summed E-state index contributed by atoms with van der Waals surface area (Å²) in [5.74, 6) is 2.29. The Balaban J connectivity index is 1.60. The molecule has 168 valence electrons. The number of thioether (sulfide) groups is 1. The summed E-state index contributed by atoms with van der Waals surface area (Å²) in [4.78, 5) is 13.3. The largest absolute Gasteiger partial charge is 0.497 e. The summed E-state index contributed by atoms with van der Waals surface area (Å²) in [7, 11) is 1.64. The van der Waals surface area contributed by atoms with Crippen molar-refractivity contribution >= 4 is 23.4 Å². The standard InChI is InChI=1S/C23H27N5O3S/c1-4-6-19-25-26-23-28(19)27-20(15-7-11-17(30-3)12-8-15)21(32-23)22(29)24-16-9-13-18(14-10-16)31-5-2/h7-14,20-21,27H,4-6H2,1-3H3,(H,24,29). The molecule has 0 bridgehead atoms. The van der Waals surface area contributed by atoms with Gasteiger partial charge in [0, 0.05) is 12.1 Å². The van der Waals surface area contributed by atoms with E-state index in [9.17, 15) is 4.79 Å². The molecule has 0 radical (unpaired) electrons. The highest BCUT2D eigenvalue weighted by molar-refractivity contribution is 8.00. The highest BCUT2D eigenvalue weighted by Crippen LogP contribution is 2.38. The molecule has 8 nitrogen and oxygen atoms in total. The van der Waals surface area contributed by atoms with Gasteiger partial charge in [0.1, 0.15) is 16.7 Å². The minimum atomic E-state index is -0.443. The zero-order chi connectivity index (χ0) is 22.5. The first-order valence-electron chi connectivity index (χ1n) is 10.7. The van der Waals surface area contributed by atoms with Crippen molar-refractivity contribution < 1.29 is 14.3 Å². The van der Waals surface area contributed by atoms with E-state index in [4.69, 9.17) is 9.47 Å². The maximum atomic E-state index is 13.3. The Kier molecular flexibility index (Phi) is 6.84. The van der Waals surface area contributed by atoms with E-state index < -0.39 is 5.25 Å². The zero-order valence-corrected chi connectivity index (χ0v) is 19.2. The van der Waals surface area contributed by atoms with Gasteiger partial charge in [0.2, 0.25) is 11.1 Å². The average molecular weight is 454 g/mol. The molecule has 0 fully saturated rings. The molecule has 3 aromatic rings. The molecule has 1 amide bonds. The Labute approximate surface area is 191 Å². The lowest BCUT2D eigenvalue weighted by Crippen LogP contribution is -2.41. The summed E-state index contributed by atoms with van der Waals surface area (Å²) in [6.07, 6.45) is 1.76. The molecule has 2 aromatic carbocycles. The van der Waals surface area contributed by atoms with E-state index >= 15 is 0 Å². The van der Waals surface area contributed by atoms with Gasteiger partial charge in [-0.2, -0.15) is 0 Å². The summed E-state index contributed by atoms with van der Waals surface area (Å²) >= 11 is 1.41. The molecule has 1 aromatic heterocycles. The smallest absolute Gasteiger partial charge is 0.240 e. The van der Waals surface area contributed by atoms with Crippen LogP contribution in [0.4, 0.5) is 5.69 Å². The summed E-state index contributed by atoms with van der Waals surface area (Å²) in [6.45, 7) is 4.64. The second-order valence-corrected chi connectivity index (χ2v) is 8.46. The maximum absolute atomic E-state index is 13.3. The Bertz CT molecular complexity index is 1050. The van der Waals surface area contributed by atoms with Crippen LogP contribution in [-0.2, 0) is 11.2 Å². The van der Waals surface area contributed by atoms with Crippen molar-refractivity contribution in [3.8, 4) is 11.5 Å². The van der Waals surface area contributed by atoms with Crippen molar-refractivity contribution in [1.29, 1.82) is 0 Å². The molecule has 4 rings (SSSR count). The first-order chi connectivity index (χ1) is 15.6. The highest BCUT2D eigenvalue weighted by atomic mass is 32.2. The van der Waals surface area contributed by atoms with Gasteiger partial charge in [0.15, 0.2) is 5.82 Å². The number of hydrogen-bond acceptors (Lipinski definition) is 7. The quantitative estimate of drug-likeness (QED) is 0.532. The normalized spacial score (nSPS) is 17.2. The number of amides is 1. The first kappa shape index (κ1) is 22.0. The van der Waals surface area contributed by atoms with Crippen LogP contribution in [0.3, 0.4) is 0 Å². The molecule has 0 saturated carbocycles. The molecule has 9 heteroatoms. The number of carbonyl (C=O) groups is 1. The number of hydrogen-bond donors (Lipinski definition) is 2. The maximum Gasteiger partial charge on any atom is 0.240 e. The lowest BCUT2D eigenvalue weighted by atomic mass is 10.0. The number of anilines is 1. The summed E-state index contributed by atoms with van der Waals surface area (Å²) in [5, 5.41) is 11.9. The van der Waals surface area contributed by atoms with Gasteiger partial charge in [-0.15, -0.1) is 10.2 Å². The van der Waals surface area contributed by atoms with E-state index in [0.717, 1.165) is 35.7 Å². The number of rotatable bonds is 8. The zero-order valence-electron chi connectivity index (χ0n) is 18.4. The SMILES string of the molecule is CCCc1nnc2n1NC(c1ccc(OC)cc1)C(C(=O)Nc1ccc(OCC)cc1)S2. The van der Waals surface area contributed by atoms with Crippen LogP contribution in [0.25, 0.3) is 0 Å². The Morgan fingerprint density at radius 2 is 1.81 bits per heavy atom.